The van der Waals surface area contributed by atoms with E-state index in [1.54, 1.807) is 18.2 Å². The normalized spacial score (nSPS) is 10.3. The van der Waals surface area contributed by atoms with E-state index >= 15 is 0 Å². The molecule has 2 rings (SSSR count). The van der Waals surface area contributed by atoms with Gasteiger partial charge in [-0.2, -0.15) is 0 Å². The third kappa shape index (κ3) is 2.96. The van der Waals surface area contributed by atoms with Gasteiger partial charge in [-0.05, 0) is 44.5 Å². The molecular weight excluding hydrogens is 252 g/mol. The highest BCUT2D eigenvalue weighted by Crippen LogP contribution is 2.27. The Hall–Kier alpha value is -2.36. The molecule has 2 N–H and O–H groups in total. The summed E-state index contributed by atoms with van der Waals surface area (Å²) < 4.78 is 5.82. The summed E-state index contributed by atoms with van der Waals surface area (Å²) in [6.07, 6.45) is 0.790. The quantitative estimate of drug-likeness (QED) is 0.681. The van der Waals surface area contributed by atoms with Crippen LogP contribution in [-0.2, 0) is 6.42 Å². The molecule has 4 heteroatoms. The van der Waals surface area contributed by atoms with Gasteiger partial charge >= 0.3 is 0 Å². The van der Waals surface area contributed by atoms with Crippen LogP contribution in [0, 0.1) is 6.92 Å². The smallest absolute Gasteiger partial charge is 0.161 e. The minimum absolute atomic E-state index is 0.0553. The molecule has 0 saturated carbocycles. The third-order valence-corrected chi connectivity index (χ3v) is 3.04. The zero-order chi connectivity index (χ0) is 14.7. The fraction of sp³-hybridized carbons (Fsp3) is 0.250. The van der Waals surface area contributed by atoms with Gasteiger partial charge in [-0.15, -0.1) is 0 Å². The SMILES string of the molecule is CCc1nc(C)ccc1Oc1ccc(C(C)=O)c(N)c1. The van der Waals surface area contributed by atoms with Crippen molar-refractivity contribution in [3.8, 4) is 11.5 Å². The Balaban J connectivity index is 2.31. The molecule has 1 aromatic carbocycles. The molecule has 0 aliphatic carbocycles. The highest BCUT2D eigenvalue weighted by atomic mass is 16.5. The molecule has 0 saturated heterocycles. The van der Waals surface area contributed by atoms with Crippen molar-refractivity contribution in [1.29, 1.82) is 0 Å². The number of nitrogens with zero attached hydrogens (tertiary/aromatic N) is 1. The van der Waals surface area contributed by atoms with E-state index in [-0.39, 0.29) is 5.78 Å². The van der Waals surface area contributed by atoms with Crippen molar-refractivity contribution < 1.29 is 9.53 Å². The summed E-state index contributed by atoms with van der Waals surface area (Å²) in [5, 5.41) is 0. The van der Waals surface area contributed by atoms with Crippen LogP contribution >= 0.6 is 0 Å². The van der Waals surface area contributed by atoms with Gasteiger partial charge in [0.1, 0.15) is 11.5 Å². The van der Waals surface area contributed by atoms with Crippen molar-refractivity contribution in [2.24, 2.45) is 0 Å². The fourth-order valence-electron chi connectivity index (χ4n) is 2.00. The Kier molecular flexibility index (Phi) is 4.03. The maximum Gasteiger partial charge on any atom is 0.161 e. The maximum absolute atomic E-state index is 11.3. The maximum atomic E-state index is 11.3. The van der Waals surface area contributed by atoms with Crippen molar-refractivity contribution in [3.63, 3.8) is 0 Å². The van der Waals surface area contributed by atoms with Gasteiger partial charge in [-0.3, -0.25) is 9.78 Å². The molecule has 0 amide bonds. The number of aromatic nitrogens is 1. The van der Waals surface area contributed by atoms with Crippen LogP contribution < -0.4 is 10.5 Å². The van der Waals surface area contributed by atoms with E-state index in [2.05, 4.69) is 4.98 Å². The molecule has 1 heterocycles. The molecule has 4 nitrogen and oxygen atoms in total. The standard InChI is InChI=1S/C16H18N2O2/c1-4-15-16(8-5-10(2)18-15)20-12-6-7-13(11(3)19)14(17)9-12/h5-9H,4,17H2,1-3H3. The monoisotopic (exact) mass is 270 g/mol. The second-order valence-corrected chi connectivity index (χ2v) is 4.66. The molecule has 1 aromatic heterocycles. The number of nitrogens with two attached hydrogens (primary N) is 1. The number of carbonyl (C=O) groups excluding carboxylic acids is 1. The predicted octanol–water partition coefficient (Wildman–Crippen LogP) is 3.53. The van der Waals surface area contributed by atoms with E-state index in [0.29, 0.717) is 22.7 Å². The number of aryl methyl sites for hydroxylation is 2. The number of nitrogen functional groups attached to an aromatic ring is 1. The number of Topliss-reactive ketones (excluding diaryl/α,β-unsaturated/α-hetero) is 1. The number of carbonyl (C=O) groups is 1. The Morgan fingerprint density at radius 3 is 2.65 bits per heavy atom. The molecule has 0 spiro atoms. The van der Waals surface area contributed by atoms with Gasteiger partial charge in [-0.1, -0.05) is 6.92 Å². The topological polar surface area (TPSA) is 65.2 Å². The number of hydrogen-bond acceptors (Lipinski definition) is 4. The third-order valence-electron chi connectivity index (χ3n) is 3.04. The Morgan fingerprint density at radius 1 is 1.30 bits per heavy atom. The lowest BCUT2D eigenvalue weighted by Gasteiger charge is -2.11. The number of ketones is 1. The average Bonchev–Trinajstić information content (AvgIpc) is 2.40. The minimum Gasteiger partial charge on any atom is -0.455 e. The lowest BCUT2D eigenvalue weighted by Crippen LogP contribution is -2.00. The van der Waals surface area contributed by atoms with Crippen LogP contribution in [0.2, 0.25) is 0 Å². The van der Waals surface area contributed by atoms with Crippen LogP contribution in [0.4, 0.5) is 5.69 Å². The Labute approximate surface area is 118 Å². The van der Waals surface area contributed by atoms with Crippen molar-refractivity contribution in [3.05, 3.63) is 47.3 Å². The number of rotatable bonds is 4. The van der Waals surface area contributed by atoms with Crippen LogP contribution in [0.1, 0.15) is 35.6 Å². The first kappa shape index (κ1) is 14.1. The molecular formula is C16H18N2O2. The predicted molar refractivity (Wildman–Crippen MR) is 79.3 cm³/mol. The number of ether oxygens (including phenoxy) is 1. The summed E-state index contributed by atoms with van der Waals surface area (Å²) in [4.78, 5) is 15.8. The van der Waals surface area contributed by atoms with E-state index < -0.39 is 0 Å². The van der Waals surface area contributed by atoms with Crippen LogP contribution in [0.3, 0.4) is 0 Å². The van der Waals surface area contributed by atoms with Gasteiger partial charge in [0.15, 0.2) is 5.78 Å². The summed E-state index contributed by atoms with van der Waals surface area (Å²) in [6, 6.07) is 8.89. The van der Waals surface area contributed by atoms with E-state index in [1.165, 1.54) is 6.92 Å². The van der Waals surface area contributed by atoms with E-state index in [1.807, 2.05) is 26.0 Å². The molecule has 0 aliphatic rings. The first-order chi connectivity index (χ1) is 9.51. The van der Waals surface area contributed by atoms with Crippen molar-refractivity contribution in [1.82, 2.24) is 4.98 Å². The molecule has 2 aromatic rings. The first-order valence-corrected chi connectivity index (χ1v) is 6.56. The molecule has 0 atom stereocenters. The van der Waals surface area contributed by atoms with Crippen LogP contribution in [0.15, 0.2) is 30.3 Å². The fourth-order valence-corrected chi connectivity index (χ4v) is 2.00. The van der Waals surface area contributed by atoms with Gasteiger partial charge in [0.2, 0.25) is 0 Å². The summed E-state index contributed by atoms with van der Waals surface area (Å²) in [7, 11) is 0. The van der Waals surface area contributed by atoms with E-state index in [0.717, 1.165) is 17.8 Å². The van der Waals surface area contributed by atoms with Gasteiger partial charge in [0, 0.05) is 23.0 Å². The molecule has 0 bridgehead atoms. The second-order valence-electron chi connectivity index (χ2n) is 4.66. The van der Waals surface area contributed by atoms with Crippen LogP contribution in [0.25, 0.3) is 0 Å². The summed E-state index contributed by atoms with van der Waals surface area (Å²) in [6.45, 7) is 5.47. The highest BCUT2D eigenvalue weighted by molar-refractivity contribution is 5.99. The number of anilines is 1. The molecule has 0 unspecified atom stereocenters. The Bertz CT molecular complexity index is 651. The largest absolute Gasteiger partial charge is 0.455 e. The number of benzene rings is 1. The van der Waals surface area contributed by atoms with E-state index in [4.69, 9.17) is 10.5 Å². The zero-order valence-corrected chi connectivity index (χ0v) is 11.9. The van der Waals surface area contributed by atoms with Gasteiger partial charge in [0.05, 0.1) is 5.69 Å². The first-order valence-electron chi connectivity index (χ1n) is 6.56. The average molecular weight is 270 g/mol. The van der Waals surface area contributed by atoms with Crippen molar-refractivity contribution >= 4 is 11.5 Å². The lowest BCUT2D eigenvalue weighted by atomic mass is 10.1. The van der Waals surface area contributed by atoms with Crippen molar-refractivity contribution in [2.45, 2.75) is 27.2 Å². The van der Waals surface area contributed by atoms with E-state index in [9.17, 15) is 4.79 Å². The highest BCUT2D eigenvalue weighted by Gasteiger charge is 2.09. The molecule has 0 fully saturated rings. The summed E-state index contributed by atoms with van der Waals surface area (Å²) in [5.41, 5.74) is 8.65. The van der Waals surface area contributed by atoms with Crippen LogP contribution in [-0.4, -0.2) is 10.8 Å². The Morgan fingerprint density at radius 2 is 2.05 bits per heavy atom. The van der Waals surface area contributed by atoms with Crippen molar-refractivity contribution in [2.75, 3.05) is 5.73 Å². The van der Waals surface area contributed by atoms with Gasteiger partial charge < -0.3 is 10.5 Å². The molecule has 104 valence electrons. The molecule has 0 radical (unpaired) electrons. The number of pyridine rings is 1. The molecule has 20 heavy (non-hydrogen) atoms. The van der Waals surface area contributed by atoms with Crippen LogP contribution in [0.5, 0.6) is 11.5 Å². The van der Waals surface area contributed by atoms with Gasteiger partial charge in [0.25, 0.3) is 0 Å². The van der Waals surface area contributed by atoms with Gasteiger partial charge in [-0.25, -0.2) is 0 Å². The second kappa shape index (κ2) is 5.74. The minimum atomic E-state index is -0.0553. The lowest BCUT2D eigenvalue weighted by molar-refractivity contribution is 0.101. The molecule has 0 aliphatic heterocycles. The zero-order valence-electron chi connectivity index (χ0n) is 11.9. The summed E-state index contributed by atoms with van der Waals surface area (Å²) in [5.74, 6) is 1.27. The summed E-state index contributed by atoms with van der Waals surface area (Å²) >= 11 is 0. The number of hydrogen-bond donors (Lipinski definition) is 1.